The highest BCUT2D eigenvalue weighted by atomic mass is 32.2. The van der Waals surface area contributed by atoms with Crippen molar-refractivity contribution in [3.05, 3.63) is 65.4 Å². The van der Waals surface area contributed by atoms with Gasteiger partial charge in [0.1, 0.15) is 11.6 Å². The van der Waals surface area contributed by atoms with Crippen molar-refractivity contribution in [2.24, 2.45) is 0 Å². The summed E-state index contributed by atoms with van der Waals surface area (Å²) >= 11 is 1.34. The summed E-state index contributed by atoms with van der Waals surface area (Å²) in [7, 11) is 0. The van der Waals surface area contributed by atoms with Crippen LogP contribution in [0.25, 0.3) is 10.9 Å². The summed E-state index contributed by atoms with van der Waals surface area (Å²) < 4.78 is 28.8. The fraction of sp³-hybridized carbons (Fsp3) is 0.176. The Morgan fingerprint density at radius 1 is 1.05 bits per heavy atom. The molecule has 1 aromatic heterocycles. The zero-order valence-corrected chi connectivity index (χ0v) is 12.6. The predicted octanol–water partition coefficient (Wildman–Crippen LogP) is 4.12. The van der Waals surface area contributed by atoms with E-state index in [4.69, 9.17) is 0 Å². The van der Waals surface area contributed by atoms with E-state index in [-0.39, 0.29) is 0 Å². The molecule has 4 rings (SSSR count). The maximum absolute atomic E-state index is 13.4. The van der Waals surface area contributed by atoms with E-state index in [9.17, 15) is 8.78 Å². The minimum Gasteiger partial charge on any atom is -0.312 e. The van der Waals surface area contributed by atoms with Crippen LogP contribution in [0.5, 0.6) is 0 Å². The van der Waals surface area contributed by atoms with Crippen molar-refractivity contribution in [3.8, 4) is 0 Å². The van der Waals surface area contributed by atoms with Crippen molar-refractivity contribution < 1.29 is 8.78 Å². The summed E-state index contributed by atoms with van der Waals surface area (Å²) in [6.07, 6.45) is 3.03. The third-order valence-electron chi connectivity index (χ3n) is 3.89. The minimum atomic E-state index is -0.551. The zero-order chi connectivity index (χ0) is 15.1. The number of benzene rings is 2. The number of rotatable bonds is 2. The van der Waals surface area contributed by atoms with E-state index >= 15 is 0 Å². The van der Waals surface area contributed by atoms with E-state index in [2.05, 4.69) is 23.6 Å². The van der Waals surface area contributed by atoms with Crippen LogP contribution in [0.4, 0.5) is 8.78 Å². The highest BCUT2D eigenvalue weighted by molar-refractivity contribution is 7.98. The van der Waals surface area contributed by atoms with Gasteiger partial charge >= 0.3 is 0 Å². The molecule has 1 aliphatic rings. The number of halogens is 2. The molecule has 0 bridgehead atoms. The Labute approximate surface area is 131 Å². The average Bonchev–Trinajstić information content (AvgIpc) is 2.68. The van der Waals surface area contributed by atoms with Crippen molar-refractivity contribution in [2.45, 2.75) is 17.9 Å². The molecule has 0 saturated heterocycles. The van der Waals surface area contributed by atoms with Gasteiger partial charge in [0, 0.05) is 29.1 Å². The molecular formula is C17H14F2N2S. The predicted molar refractivity (Wildman–Crippen MR) is 85.0 cm³/mol. The van der Waals surface area contributed by atoms with E-state index in [0.717, 1.165) is 31.1 Å². The minimum absolute atomic E-state index is 0.551. The second-order valence-corrected chi connectivity index (χ2v) is 6.46. The van der Waals surface area contributed by atoms with Gasteiger partial charge in [0.05, 0.1) is 5.52 Å². The molecule has 0 amide bonds. The van der Waals surface area contributed by atoms with Crippen molar-refractivity contribution in [1.82, 2.24) is 9.29 Å². The molecule has 0 spiro atoms. The van der Waals surface area contributed by atoms with Crippen LogP contribution in [0.2, 0.25) is 0 Å². The highest BCUT2D eigenvalue weighted by Gasteiger charge is 2.15. The van der Waals surface area contributed by atoms with Crippen LogP contribution in [0.1, 0.15) is 11.1 Å². The molecular weight excluding hydrogens is 302 g/mol. The number of nitrogens with zero attached hydrogens (tertiary/aromatic N) is 1. The lowest BCUT2D eigenvalue weighted by atomic mass is 10.1. The lowest BCUT2D eigenvalue weighted by molar-refractivity contribution is 0.577. The SMILES string of the molecule is Fc1cc(F)cc(Sn2cc3c4c(cccc42)CNCC3)c1. The molecule has 0 atom stereocenters. The van der Waals surface area contributed by atoms with Gasteiger partial charge < -0.3 is 5.32 Å². The lowest BCUT2D eigenvalue weighted by Gasteiger charge is -2.07. The van der Waals surface area contributed by atoms with Gasteiger partial charge in [-0.1, -0.05) is 12.1 Å². The van der Waals surface area contributed by atoms with Crippen LogP contribution in [0.15, 0.2) is 47.5 Å². The Morgan fingerprint density at radius 3 is 2.68 bits per heavy atom. The summed E-state index contributed by atoms with van der Waals surface area (Å²) in [5.41, 5.74) is 3.64. The maximum Gasteiger partial charge on any atom is 0.127 e. The first-order chi connectivity index (χ1) is 10.7. The molecule has 2 nitrogen and oxygen atoms in total. The Hall–Kier alpha value is -1.85. The molecule has 0 saturated carbocycles. The average molecular weight is 316 g/mol. The van der Waals surface area contributed by atoms with E-state index in [1.807, 2.05) is 10.0 Å². The molecule has 5 heteroatoms. The van der Waals surface area contributed by atoms with Crippen LogP contribution >= 0.6 is 11.9 Å². The van der Waals surface area contributed by atoms with E-state index < -0.39 is 11.6 Å². The molecule has 2 aromatic carbocycles. The summed E-state index contributed by atoms with van der Waals surface area (Å²) in [5, 5.41) is 4.67. The van der Waals surface area contributed by atoms with Gasteiger partial charge in [-0.25, -0.2) is 8.78 Å². The van der Waals surface area contributed by atoms with Crippen molar-refractivity contribution in [2.75, 3.05) is 6.54 Å². The number of nitrogens with one attached hydrogen (secondary N) is 1. The summed E-state index contributed by atoms with van der Waals surface area (Å²) in [5.74, 6) is -1.10. The van der Waals surface area contributed by atoms with Gasteiger partial charge in [0.15, 0.2) is 0 Å². The summed E-state index contributed by atoms with van der Waals surface area (Å²) in [6.45, 7) is 1.79. The first-order valence-electron chi connectivity index (χ1n) is 7.18. The van der Waals surface area contributed by atoms with Crippen molar-refractivity contribution >= 4 is 22.9 Å². The largest absolute Gasteiger partial charge is 0.312 e. The van der Waals surface area contributed by atoms with Gasteiger partial charge in [0.25, 0.3) is 0 Å². The molecule has 112 valence electrons. The smallest absolute Gasteiger partial charge is 0.127 e. The van der Waals surface area contributed by atoms with Gasteiger partial charge in [-0.15, -0.1) is 0 Å². The number of hydrogen-bond donors (Lipinski definition) is 1. The zero-order valence-electron chi connectivity index (χ0n) is 11.8. The lowest BCUT2D eigenvalue weighted by Crippen LogP contribution is -2.13. The normalized spacial score (nSPS) is 14.3. The summed E-state index contributed by atoms with van der Waals surface area (Å²) in [4.78, 5) is 0.557. The van der Waals surface area contributed by atoms with Crippen LogP contribution in [0.3, 0.4) is 0 Å². The molecule has 0 aliphatic carbocycles. The van der Waals surface area contributed by atoms with E-state index in [1.165, 1.54) is 40.6 Å². The van der Waals surface area contributed by atoms with Crippen molar-refractivity contribution in [3.63, 3.8) is 0 Å². The first-order valence-corrected chi connectivity index (χ1v) is 7.95. The van der Waals surface area contributed by atoms with Gasteiger partial charge in [-0.3, -0.25) is 3.97 Å². The third kappa shape index (κ3) is 2.40. The van der Waals surface area contributed by atoms with Crippen LogP contribution in [0, 0.1) is 11.6 Å². The Kier molecular flexibility index (Phi) is 3.39. The topological polar surface area (TPSA) is 17.0 Å². The molecule has 0 fully saturated rings. The standard InChI is InChI=1S/C17H14F2N2S/c18-13-6-14(19)8-15(7-13)22-21-10-12-4-5-20-9-11-2-1-3-16(21)17(11)12/h1-3,6-8,10,20H,4-5,9H2. The number of hydrogen-bond acceptors (Lipinski definition) is 2. The molecule has 0 unspecified atom stereocenters. The molecule has 1 aliphatic heterocycles. The Bertz CT molecular complexity index is 837. The quantitative estimate of drug-likeness (QED) is 0.766. The second kappa shape index (κ2) is 5.41. The molecule has 2 heterocycles. The van der Waals surface area contributed by atoms with E-state index in [1.54, 1.807) is 0 Å². The monoisotopic (exact) mass is 316 g/mol. The molecule has 3 aromatic rings. The fourth-order valence-electron chi connectivity index (χ4n) is 2.97. The van der Waals surface area contributed by atoms with Crippen LogP contribution in [-0.2, 0) is 13.0 Å². The van der Waals surface area contributed by atoms with Gasteiger partial charge in [0.2, 0.25) is 0 Å². The van der Waals surface area contributed by atoms with Crippen molar-refractivity contribution in [1.29, 1.82) is 0 Å². The van der Waals surface area contributed by atoms with Gasteiger partial charge in [-0.2, -0.15) is 0 Å². The second-order valence-electron chi connectivity index (χ2n) is 5.41. The molecule has 22 heavy (non-hydrogen) atoms. The van der Waals surface area contributed by atoms with E-state index in [0.29, 0.717) is 4.90 Å². The number of aromatic nitrogens is 1. The Morgan fingerprint density at radius 2 is 1.86 bits per heavy atom. The molecule has 0 radical (unpaired) electrons. The third-order valence-corrected chi connectivity index (χ3v) is 4.83. The maximum atomic E-state index is 13.4. The molecule has 1 N–H and O–H groups in total. The van der Waals surface area contributed by atoms with Crippen LogP contribution < -0.4 is 5.32 Å². The fourth-order valence-corrected chi connectivity index (χ4v) is 3.96. The summed E-state index contributed by atoms with van der Waals surface area (Å²) in [6, 6.07) is 9.81. The van der Waals surface area contributed by atoms with Crippen LogP contribution in [-0.4, -0.2) is 10.5 Å². The first kappa shape index (κ1) is 13.8. The Balaban J connectivity index is 1.82. The van der Waals surface area contributed by atoms with Gasteiger partial charge in [-0.05, 0) is 54.2 Å². The highest BCUT2D eigenvalue weighted by Crippen LogP contribution is 2.33.